The number of halogens is 2. The fourth-order valence-electron chi connectivity index (χ4n) is 3.26. The van der Waals surface area contributed by atoms with Crippen LogP contribution in [0.3, 0.4) is 0 Å². The lowest BCUT2D eigenvalue weighted by Gasteiger charge is -2.12. The molecule has 0 atom stereocenters. The van der Waals surface area contributed by atoms with E-state index in [1.165, 1.54) is 0 Å². The van der Waals surface area contributed by atoms with E-state index in [0.29, 0.717) is 21.4 Å². The summed E-state index contributed by atoms with van der Waals surface area (Å²) in [5.41, 5.74) is 1.42. The minimum Gasteiger partial charge on any atom is -0.345 e. The third-order valence-corrected chi connectivity index (χ3v) is 6.61. The molecule has 1 amide bonds. The summed E-state index contributed by atoms with van der Waals surface area (Å²) in [4.78, 5) is 12.9. The highest BCUT2D eigenvalue weighted by Crippen LogP contribution is 2.28. The summed E-state index contributed by atoms with van der Waals surface area (Å²) in [5.74, 6) is 1.36. The highest BCUT2D eigenvalue weighted by atomic mass is 35.5. The van der Waals surface area contributed by atoms with Crippen LogP contribution in [-0.2, 0) is 6.54 Å². The van der Waals surface area contributed by atoms with Crippen molar-refractivity contribution in [2.24, 2.45) is 0 Å². The van der Waals surface area contributed by atoms with Crippen molar-refractivity contribution in [2.75, 3.05) is 5.75 Å². The molecule has 8 heteroatoms. The van der Waals surface area contributed by atoms with Crippen molar-refractivity contribution in [1.29, 1.82) is 0 Å². The van der Waals surface area contributed by atoms with Gasteiger partial charge in [-0.05, 0) is 41.5 Å². The number of fused-ring (bicyclic) bond motifs is 1. The van der Waals surface area contributed by atoms with Gasteiger partial charge in [0.05, 0.1) is 22.3 Å². The monoisotopic (exact) mass is 470 g/mol. The van der Waals surface area contributed by atoms with Gasteiger partial charge in [0.1, 0.15) is 0 Å². The molecule has 0 saturated carbocycles. The molecule has 0 bridgehead atoms. The molecule has 0 radical (unpaired) electrons. The summed E-state index contributed by atoms with van der Waals surface area (Å²) in [6.07, 6.45) is 1.01. The Morgan fingerprint density at radius 3 is 2.65 bits per heavy atom. The van der Waals surface area contributed by atoms with E-state index in [1.54, 1.807) is 23.9 Å². The number of carbonyl (C=O) groups excluding carboxylic acids is 1. The second-order valence-corrected chi connectivity index (χ2v) is 8.77. The second kappa shape index (κ2) is 9.73. The number of aromatic nitrogens is 3. The van der Waals surface area contributed by atoms with Crippen molar-refractivity contribution in [3.63, 3.8) is 0 Å². The number of nitrogens with one attached hydrogen (secondary N) is 1. The summed E-state index contributed by atoms with van der Waals surface area (Å²) >= 11 is 13.9. The molecule has 1 heterocycles. The van der Waals surface area contributed by atoms with Crippen LogP contribution in [0.15, 0.2) is 65.8 Å². The Labute approximate surface area is 194 Å². The lowest BCUT2D eigenvalue weighted by Crippen LogP contribution is -2.25. The van der Waals surface area contributed by atoms with Crippen LogP contribution in [0.1, 0.15) is 29.5 Å². The zero-order chi connectivity index (χ0) is 21.8. The Hall–Kier alpha value is -2.54. The van der Waals surface area contributed by atoms with Crippen LogP contribution in [0, 0.1) is 0 Å². The lowest BCUT2D eigenvalue weighted by atomic mass is 10.0. The zero-order valence-electron chi connectivity index (χ0n) is 16.8. The summed E-state index contributed by atoms with van der Waals surface area (Å²) in [7, 11) is 0. The molecule has 1 aromatic heterocycles. The number of rotatable bonds is 7. The highest BCUT2D eigenvalue weighted by molar-refractivity contribution is 7.99. The van der Waals surface area contributed by atoms with Gasteiger partial charge in [-0.1, -0.05) is 78.3 Å². The van der Waals surface area contributed by atoms with Crippen LogP contribution in [0.4, 0.5) is 0 Å². The first-order chi connectivity index (χ1) is 15.1. The molecular formula is C23H20Cl2N4OS. The predicted molar refractivity (Wildman–Crippen MR) is 128 cm³/mol. The molecule has 4 aromatic rings. The highest BCUT2D eigenvalue weighted by Gasteiger charge is 2.17. The zero-order valence-corrected chi connectivity index (χ0v) is 19.1. The molecule has 31 heavy (non-hydrogen) atoms. The van der Waals surface area contributed by atoms with Crippen LogP contribution in [0.5, 0.6) is 0 Å². The van der Waals surface area contributed by atoms with Crippen LogP contribution in [0.25, 0.3) is 16.5 Å². The Morgan fingerprint density at radius 2 is 1.84 bits per heavy atom. The molecule has 0 unspecified atom stereocenters. The number of hydrogen-bond acceptors (Lipinski definition) is 4. The van der Waals surface area contributed by atoms with Crippen molar-refractivity contribution in [2.45, 2.75) is 25.0 Å². The van der Waals surface area contributed by atoms with Gasteiger partial charge in [0.25, 0.3) is 5.91 Å². The van der Waals surface area contributed by atoms with Gasteiger partial charge in [0.2, 0.25) is 0 Å². The number of nitrogens with zero attached hydrogens (tertiary/aromatic N) is 3. The van der Waals surface area contributed by atoms with Crippen molar-refractivity contribution in [3.05, 3.63) is 82.1 Å². The van der Waals surface area contributed by atoms with E-state index < -0.39 is 0 Å². The summed E-state index contributed by atoms with van der Waals surface area (Å²) in [5, 5.41) is 15.2. The molecule has 3 aromatic carbocycles. The third-order valence-electron chi connectivity index (χ3n) is 4.74. The van der Waals surface area contributed by atoms with Crippen LogP contribution in [-0.4, -0.2) is 26.4 Å². The minimum absolute atomic E-state index is 0.164. The SMILES string of the molecule is CCCSc1nnc(CNC(=O)c2cccc3ccccc23)n1-c1ccc(Cl)c(Cl)c1. The molecule has 4 rings (SSSR count). The summed E-state index contributed by atoms with van der Waals surface area (Å²) < 4.78 is 1.91. The van der Waals surface area contributed by atoms with Crippen molar-refractivity contribution >= 4 is 51.6 Å². The summed E-state index contributed by atoms with van der Waals surface area (Å²) in [6, 6.07) is 18.9. The maximum atomic E-state index is 12.9. The Morgan fingerprint density at radius 1 is 1.03 bits per heavy atom. The fraction of sp³-hybridized carbons (Fsp3) is 0.174. The van der Waals surface area contributed by atoms with Crippen LogP contribution in [0.2, 0.25) is 10.0 Å². The van der Waals surface area contributed by atoms with Gasteiger partial charge in [-0.2, -0.15) is 0 Å². The fourth-order valence-corrected chi connectivity index (χ4v) is 4.38. The van der Waals surface area contributed by atoms with E-state index in [4.69, 9.17) is 23.2 Å². The van der Waals surface area contributed by atoms with Crippen molar-refractivity contribution < 1.29 is 4.79 Å². The van der Waals surface area contributed by atoms with E-state index in [0.717, 1.165) is 33.8 Å². The van der Waals surface area contributed by atoms with E-state index in [-0.39, 0.29) is 12.5 Å². The van der Waals surface area contributed by atoms with Gasteiger partial charge in [-0.25, -0.2) is 0 Å². The van der Waals surface area contributed by atoms with E-state index in [1.807, 2.05) is 53.1 Å². The Bertz CT molecular complexity index is 1240. The Kier molecular flexibility index (Phi) is 6.80. The second-order valence-electron chi connectivity index (χ2n) is 6.89. The van der Waals surface area contributed by atoms with E-state index >= 15 is 0 Å². The maximum Gasteiger partial charge on any atom is 0.252 e. The number of thioether (sulfide) groups is 1. The van der Waals surface area contributed by atoms with Crippen LogP contribution >= 0.6 is 35.0 Å². The number of hydrogen-bond donors (Lipinski definition) is 1. The molecule has 0 spiro atoms. The van der Waals surface area contributed by atoms with Gasteiger partial charge in [-0.3, -0.25) is 9.36 Å². The average molecular weight is 471 g/mol. The lowest BCUT2D eigenvalue weighted by molar-refractivity contribution is 0.0951. The largest absolute Gasteiger partial charge is 0.345 e. The minimum atomic E-state index is -0.164. The molecular weight excluding hydrogens is 451 g/mol. The van der Waals surface area contributed by atoms with Gasteiger partial charge < -0.3 is 5.32 Å². The summed E-state index contributed by atoms with van der Waals surface area (Å²) in [6.45, 7) is 2.33. The smallest absolute Gasteiger partial charge is 0.252 e. The van der Waals surface area contributed by atoms with Gasteiger partial charge in [0, 0.05) is 11.3 Å². The van der Waals surface area contributed by atoms with E-state index in [9.17, 15) is 4.79 Å². The maximum absolute atomic E-state index is 12.9. The standard InChI is InChI=1S/C23H20Cl2N4OS/c1-2-12-31-23-28-27-21(29(23)16-10-11-19(24)20(25)13-16)14-26-22(30)18-9-5-7-15-6-3-4-8-17(15)18/h3-11,13H,2,12,14H2,1H3,(H,26,30). The number of carbonyl (C=O) groups is 1. The normalized spacial score (nSPS) is 11.1. The molecule has 0 aliphatic rings. The molecule has 0 aliphatic heterocycles. The first kappa shape index (κ1) is 21.7. The number of benzene rings is 3. The average Bonchev–Trinajstić information content (AvgIpc) is 3.20. The van der Waals surface area contributed by atoms with Crippen molar-refractivity contribution in [1.82, 2.24) is 20.1 Å². The number of amides is 1. The molecule has 5 nitrogen and oxygen atoms in total. The molecule has 0 saturated heterocycles. The van der Waals surface area contributed by atoms with Gasteiger partial charge in [-0.15, -0.1) is 10.2 Å². The Balaban J connectivity index is 1.63. The first-order valence-corrected chi connectivity index (χ1v) is 11.6. The van der Waals surface area contributed by atoms with Crippen molar-refractivity contribution in [3.8, 4) is 5.69 Å². The third kappa shape index (κ3) is 4.71. The molecule has 0 aliphatic carbocycles. The topological polar surface area (TPSA) is 59.8 Å². The first-order valence-electron chi connectivity index (χ1n) is 9.87. The molecule has 158 valence electrons. The quantitative estimate of drug-likeness (QED) is 0.328. The van der Waals surface area contributed by atoms with Gasteiger partial charge >= 0.3 is 0 Å². The molecule has 0 fully saturated rings. The predicted octanol–water partition coefficient (Wildman–Crippen LogP) is 6.16. The van der Waals surface area contributed by atoms with Crippen LogP contribution < -0.4 is 5.32 Å². The van der Waals surface area contributed by atoms with E-state index in [2.05, 4.69) is 22.4 Å². The molecule has 1 N–H and O–H groups in total. The van der Waals surface area contributed by atoms with Gasteiger partial charge in [0.15, 0.2) is 11.0 Å².